The summed E-state index contributed by atoms with van der Waals surface area (Å²) in [6.45, 7) is -0.116. The van der Waals surface area contributed by atoms with Crippen molar-refractivity contribution in [3.8, 4) is 11.4 Å². The fourth-order valence-corrected chi connectivity index (χ4v) is 3.09. The summed E-state index contributed by atoms with van der Waals surface area (Å²) in [5.41, 5.74) is 1.63. The number of carbonyl (C=O) groups excluding carboxylic acids is 1. The molecule has 0 spiro atoms. The van der Waals surface area contributed by atoms with Gasteiger partial charge in [0, 0.05) is 12.9 Å². The first-order chi connectivity index (χ1) is 11.8. The topological polar surface area (TPSA) is 122 Å². The van der Waals surface area contributed by atoms with Crippen LogP contribution in [0.5, 0.6) is 5.75 Å². The summed E-state index contributed by atoms with van der Waals surface area (Å²) in [5.74, 6) is -0.291. The predicted molar refractivity (Wildman–Crippen MR) is 89.8 cm³/mol. The molecule has 2 aromatic carbocycles. The molecule has 9 heteroatoms. The largest absolute Gasteiger partial charge is 0.505 e. The van der Waals surface area contributed by atoms with Gasteiger partial charge in [0.15, 0.2) is 21.9 Å². The molecule has 1 aromatic heterocycles. The van der Waals surface area contributed by atoms with Gasteiger partial charge in [-0.2, -0.15) is 0 Å². The number of benzene rings is 2. The second kappa shape index (κ2) is 6.26. The lowest BCUT2D eigenvalue weighted by Gasteiger charge is -2.08. The van der Waals surface area contributed by atoms with Gasteiger partial charge in [-0.25, -0.2) is 8.42 Å². The Kier molecular flexibility index (Phi) is 4.27. The highest BCUT2D eigenvalue weighted by Crippen LogP contribution is 2.27. The molecule has 0 saturated heterocycles. The number of carbonyl (C=O) groups is 1. The van der Waals surface area contributed by atoms with Crippen molar-refractivity contribution in [1.82, 2.24) is 15.0 Å². The molecule has 8 nitrogen and oxygen atoms in total. The number of aldehydes is 1. The summed E-state index contributed by atoms with van der Waals surface area (Å²) in [7, 11) is -3.38. The molecule has 0 aliphatic carbocycles. The molecule has 130 valence electrons. The number of phenolic OH excluding ortho intramolecular Hbond substituents is 1. The van der Waals surface area contributed by atoms with Crippen LogP contribution in [0.25, 0.3) is 16.7 Å². The number of aliphatic hydroxyl groups excluding tert-OH is 1. The van der Waals surface area contributed by atoms with Crippen molar-refractivity contribution < 1.29 is 23.4 Å². The van der Waals surface area contributed by atoms with E-state index in [-0.39, 0.29) is 28.5 Å². The third kappa shape index (κ3) is 3.24. The molecule has 0 aliphatic rings. The van der Waals surface area contributed by atoms with Gasteiger partial charge in [-0.3, -0.25) is 4.79 Å². The summed E-state index contributed by atoms with van der Waals surface area (Å²) >= 11 is 0. The SMILES string of the molecule is CS(=O)(=O)c1ccc2nn(-c3cc(CCO)cc(C=O)c3O)nc2c1. The Morgan fingerprint density at radius 1 is 1.16 bits per heavy atom. The number of rotatable bonds is 5. The van der Waals surface area contributed by atoms with Gasteiger partial charge in [-0.15, -0.1) is 15.0 Å². The van der Waals surface area contributed by atoms with E-state index in [2.05, 4.69) is 10.2 Å². The number of aromatic hydroxyl groups is 1. The average Bonchev–Trinajstić information content (AvgIpc) is 2.98. The molecule has 1 heterocycles. The molecule has 3 aromatic rings. The molecule has 0 aliphatic heterocycles. The lowest BCUT2D eigenvalue weighted by Crippen LogP contribution is -2.03. The van der Waals surface area contributed by atoms with E-state index in [9.17, 15) is 18.3 Å². The maximum Gasteiger partial charge on any atom is 0.175 e. The quantitative estimate of drug-likeness (QED) is 0.647. The van der Waals surface area contributed by atoms with E-state index in [1.165, 1.54) is 24.3 Å². The molecule has 3 rings (SSSR count). The van der Waals surface area contributed by atoms with Crippen LogP contribution >= 0.6 is 0 Å². The molecule has 25 heavy (non-hydrogen) atoms. The summed E-state index contributed by atoms with van der Waals surface area (Å²) in [5, 5.41) is 27.8. The molecule has 0 fully saturated rings. The van der Waals surface area contributed by atoms with Gasteiger partial charge in [0.1, 0.15) is 16.7 Å². The van der Waals surface area contributed by atoms with Crippen molar-refractivity contribution >= 4 is 27.2 Å². The Balaban J connectivity index is 2.19. The summed E-state index contributed by atoms with van der Waals surface area (Å²) in [6.07, 6.45) is 1.90. The van der Waals surface area contributed by atoms with Gasteiger partial charge in [-0.05, 0) is 42.3 Å². The van der Waals surface area contributed by atoms with Crippen LogP contribution in [0, 0.1) is 0 Å². The van der Waals surface area contributed by atoms with E-state index in [1.54, 1.807) is 6.07 Å². The summed E-state index contributed by atoms with van der Waals surface area (Å²) < 4.78 is 23.3. The number of fused-ring (bicyclic) bond motifs is 1. The zero-order chi connectivity index (χ0) is 18.2. The first-order valence-corrected chi connectivity index (χ1v) is 9.22. The van der Waals surface area contributed by atoms with Crippen molar-refractivity contribution in [1.29, 1.82) is 0 Å². The van der Waals surface area contributed by atoms with E-state index in [0.29, 0.717) is 29.3 Å². The van der Waals surface area contributed by atoms with Crippen LogP contribution in [0.1, 0.15) is 15.9 Å². The van der Waals surface area contributed by atoms with Crippen LogP contribution in [0.3, 0.4) is 0 Å². The van der Waals surface area contributed by atoms with E-state index in [0.717, 1.165) is 11.1 Å². The third-order valence-corrected chi connectivity index (χ3v) is 4.81. The molecule has 0 unspecified atom stereocenters. The monoisotopic (exact) mass is 361 g/mol. The number of hydrogen-bond donors (Lipinski definition) is 2. The zero-order valence-corrected chi connectivity index (χ0v) is 14.1. The molecule has 0 bridgehead atoms. The number of nitrogens with zero attached hydrogens (tertiary/aromatic N) is 3. The molecular weight excluding hydrogens is 346 g/mol. The van der Waals surface area contributed by atoms with Gasteiger partial charge >= 0.3 is 0 Å². The second-order valence-electron chi connectivity index (χ2n) is 5.56. The molecule has 0 atom stereocenters. The minimum Gasteiger partial charge on any atom is -0.505 e. The maximum atomic E-state index is 11.7. The van der Waals surface area contributed by atoms with E-state index in [4.69, 9.17) is 5.11 Å². The Bertz CT molecular complexity index is 1070. The van der Waals surface area contributed by atoms with Crippen molar-refractivity contribution in [3.63, 3.8) is 0 Å². The summed E-state index contributed by atoms with van der Waals surface area (Å²) in [4.78, 5) is 12.4. The molecule has 0 amide bonds. The maximum absolute atomic E-state index is 11.7. The lowest BCUT2D eigenvalue weighted by atomic mass is 10.1. The highest BCUT2D eigenvalue weighted by Gasteiger charge is 2.16. The minimum absolute atomic E-state index is 0.0548. The van der Waals surface area contributed by atoms with E-state index in [1.807, 2.05) is 0 Å². The van der Waals surface area contributed by atoms with Gasteiger partial charge in [0.2, 0.25) is 0 Å². The Morgan fingerprint density at radius 2 is 1.88 bits per heavy atom. The molecule has 2 N–H and O–H groups in total. The predicted octanol–water partition coefficient (Wildman–Crippen LogP) is 0.877. The number of aromatic nitrogens is 3. The number of aliphatic hydroxyl groups is 1. The van der Waals surface area contributed by atoms with Crippen molar-refractivity contribution in [2.75, 3.05) is 12.9 Å². The van der Waals surface area contributed by atoms with Crippen LogP contribution in [-0.2, 0) is 16.3 Å². The minimum atomic E-state index is -3.38. The Labute approximate surface area is 143 Å². The Hall–Kier alpha value is -2.78. The molecule has 0 radical (unpaired) electrons. The third-order valence-electron chi connectivity index (χ3n) is 3.70. The first-order valence-electron chi connectivity index (χ1n) is 7.33. The van der Waals surface area contributed by atoms with Crippen LogP contribution < -0.4 is 0 Å². The van der Waals surface area contributed by atoms with Gasteiger partial charge in [-0.1, -0.05) is 0 Å². The van der Waals surface area contributed by atoms with Gasteiger partial charge in [0.25, 0.3) is 0 Å². The van der Waals surface area contributed by atoms with Crippen LogP contribution in [0.4, 0.5) is 0 Å². The van der Waals surface area contributed by atoms with Gasteiger partial charge in [0.05, 0.1) is 10.5 Å². The zero-order valence-electron chi connectivity index (χ0n) is 13.2. The molecule has 0 saturated carbocycles. The average molecular weight is 361 g/mol. The van der Waals surface area contributed by atoms with E-state index < -0.39 is 9.84 Å². The Morgan fingerprint density at radius 3 is 2.52 bits per heavy atom. The van der Waals surface area contributed by atoms with Crippen LogP contribution in [-0.4, -0.2) is 52.8 Å². The van der Waals surface area contributed by atoms with Gasteiger partial charge < -0.3 is 10.2 Å². The smallest absolute Gasteiger partial charge is 0.175 e. The highest BCUT2D eigenvalue weighted by atomic mass is 32.2. The summed E-state index contributed by atoms with van der Waals surface area (Å²) in [6, 6.07) is 7.38. The standard InChI is InChI=1S/C16H15N3O5S/c1-25(23,24)12-2-3-13-14(8-12)18-19(17-13)15-7-10(4-5-20)6-11(9-21)16(15)22/h2-3,6-9,20,22H,4-5H2,1H3. The van der Waals surface area contributed by atoms with Crippen LogP contribution in [0.2, 0.25) is 0 Å². The fourth-order valence-electron chi connectivity index (χ4n) is 2.45. The van der Waals surface area contributed by atoms with Crippen molar-refractivity contribution in [2.24, 2.45) is 0 Å². The lowest BCUT2D eigenvalue weighted by molar-refractivity contribution is 0.112. The normalized spacial score (nSPS) is 11.8. The van der Waals surface area contributed by atoms with Crippen molar-refractivity contribution in [3.05, 3.63) is 41.5 Å². The first kappa shape index (κ1) is 17.1. The number of phenols is 1. The second-order valence-corrected chi connectivity index (χ2v) is 7.57. The van der Waals surface area contributed by atoms with Crippen LogP contribution in [0.15, 0.2) is 35.2 Å². The number of hydrogen-bond acceptors (Lipinski definition) is 7. The van der Waals surface area contributed by atoms with Crippen molar-refractivity contribution in [2.45, 2.75) is 11.3 Å². The fraction of sp³-hybridized carbons (Fsp3) is 0.188. The van der Waals surface area contributed by atoms with E-state index >= 15 is 0 Å². The molecular formula is C16H15N3O5S. The number of sulfone groups is 1. The highest BCUT2D eigenvalue weighted by molar-refractivity contribution is 7.90.